The number of rotatable bonds is 5. The lowest BCUT2D eigenvalue weighted by Crippen LogP contribution is -2.25. The molecule has 1 aromatic carbocycles. The highest BCUT2D eigenvalue weighted by Crippen LogP contribution is 2.37. The topological polar surface area (TPSA) is 64.3 Å². The summed E-state index contributed by atoms with van der Waals surface area (Å²) < 4.78 is 22.0. The summed E-state index contributed by atoms with van der Waals surface area (Å²) in [4.78, 5) is 14.6. The normalized spacial score (nSPS) is 20.3. The summed E-state index contributed by atoms with van der Waals surface area (Å²) in [5, 5.41) is 5.50. The monoisotopic (exact) mass is 577 g/mol. The Balaban J connectivity index is 1.58. The van der Waals surface area contributed by atoms with Gasteiger partial charge in [0.1, 0.15) is 5.82 Å². The van der Waals surface area contributed by atoms with E-state index in [1.807, 2.05) is 31.2 Å². The van der Waals surface area contributed by atoms with Crippen molar-refractivity contribution >= 4 is 51.3 Å². The Morgan fingerprint density at radius 3 is 2.60 bits per heavy atom. The maximum absolute atomic E-state index is 14.3. The van der Waals surface area contributed by atoms with Crippen molar-refractivity contribution in [1.82, 2.24) is 14.5 Å². The molecule has 0 unspecified atom stereocenters. The standard InChI is InChI=1S/C31H30Cl2FN5O/c1-18-3-5-21(17-35-18)37-26-15-29-31(16-27(26)36-20-6-9-23(40-2)10-7-20)39(22-8-11-24(32)25(33)14-22)30-12-4-19(34)13-28(30)38-29/h3-5,12-17,20,23,37H,6-11H2,1-2H3. The average molecular weight is 579 g/mol. The summed E-state index contributed by atoms with van der Waals surface area (Å²) in [5.41, 5.74) is 6.49. The Morgan fingerprint density at radius 1 is 1.05 bits per heavy atom. The Hall–Kier alpha value is -3.26. The number of aryl methyl sites for hydroxylation is 1. The maximum Gasteiger partial charge on any atom is 0.125 e. The Labute approximate surface area is 242 Å². The van der Waals surface area contributed by atoms with E-state index in [9.17, 15) is 4.39 Å². The molecule has 2 heterocycles. The van der Waals surface area contributed by atoms with Gasteiger partial charge in [-0.2, -0.15) is 0 Å². The quantitative estimate of drug-likeness (QED) is 0.245. The van der Waals surface area contributed by atoms with Crippen LogP contribution in [0.15, 0.2) is 69.8 Å². The molecule has 0 saturated heterocycles. The minimum absolute atomic E-state index is 0.182. The van der Waals surface area contributed by atoms with Crippen molar-refractivity contribution < 1.29 is 9.13 Å². The lowest BCUT2D eigenvalue weighted by molar-refractivity contribution is 0.0663. The van der Waals surface area contributed by atoms with Gasteiger partial charge in [0.25, 0.3) is 0 Å². The molecule has 4 aliphatic rings. The summed E-state index contributed by atoms with van der Waals surface area (Å²) in [6, 6.07) is 12.9. The van der Waals surface area contributed by atoms with Crippen LogP contribution in [0.5, 0.6) is 0 Å². The van der Waals surface area contributed by atoms with Crippen LogP contribution in [0.1, 0.15) is 44.2 Å². The van der Waals surface area contributed by atoms with E-state index < -0.39 is 0 Å². The SMILES string of the molecule is COC1CCC(N=c2cc3n(C4=CC(Cl)=C(Cl)CC4)c4ccc(F)cc4nc-3cc2Nc2ccc(C)nc2)CC1. The van der Waals surface area contributed by atoms with Crippen LogP contribution in [-0.2, 0) is 4.74 Å². The van der Waals surface area contributed by atoms with Gasteiger partial charge < -0.3 is 14.6 Å². The van der Waals surface area contributed by atoms with Crippen molar-refractivity contribution in [1.29, 1.82) is 0 Å². The number of anilines is 2. The molecule has 2 aromatic rings. The van der Waals surface area contributed by atoms with Crippen molar-refractivity contribution in [3.05, 3.63) is 81.7 Å². The second-order valence-electron chi connectivity index (χ2n) is 10.4. The molecule has 1 aromatic heterocycles. The van der Waals surface area contributed by atoms with Crippen molar-refractivity contribution in [2.75, 3.05) is 12.4 Å². The van der Waals surface area contributed by atoms with Crippen LogP contribution in [-0.4, -0.2) is 33.8 Å². The lowest BCUT2D eigenvalue weighted by Gasteiger charge is -2.26. The van der Waals surface area contributed by atoms with Crippen molar-refractivity contribution in [2.24, 2.45) is 4.99 Å². The molecular formula is C31H30Cl2FN5O. The zero-order valence-electron chi connectivity index (χ0n) is 22.4. The van der Waals surface area contributed by atoms with Gasteiger partial charge in [-0.15, -0.1) is 0 Å². The van der Waals surface area contributed by atoms with E-state index >= 15 is 0 Å². The third-order valence-electron chi connectivity index (χ3n) is 7.68. The van der Waals surface area contributed by atoms with Gasteiger partial charge in [-0.05, 0) is 87.9 Å². The first-order valence-corrected chi connectivity index (χ1v) is 14.3. The van der Waals surface area contributed by atoms with E-state index in [-0.39, 0.29) is 11.9 Å². The van der Waals surface area contributed by atoms with Gasteiger partial charge in [0.15, 0.2) is 0 Å². The first-order valence-electron chi connectivity index (χ1n) is 13.6. The number of hydrogen-bond acceptors (Lipinski definition) is 5. The molecule has 0 amide bonds. The van der Waals surface area contributed by atoms with Crippen LogP contribution in [0.25, 0.3) is 28.1 Å². The highest BCUT2D eigenvalue weighted by molar-refractivity contribution is 6.40. The first kappa shape index (κ1) is 26.9. The molecule has 40 heavy (non-hydrogen) atoms. The van der Waals surface area contributed by atoms with Gasteiger partial charge in [0, 0.05) is 29.6 Å². The molecule has 1 N–H and O–H groups in total. The fourth-order valence-corrected chi connectivity index (χ4v) is 5.89. The Bertz CT molecular complexity index is 1670. The summed E-state index contributed by atoms with van der Waals surface area (Å²) in [5.74, 6) is -0.341. The summed E-state index contributed by atoms with van der Waals surface area (Å²) >= 11 is 12.8. The van der Waals surface area contributed by atoms with Gasteiger partial charge >= 0.3 is 0 Å². The molecule has 6 nitrogen and oxygen atoms in total. The molecule has 206 valence electrons. The smallest absolute Gasteiger partial charge is 0.125 e. The van der Waals surface area contributed by atoms with Crippen LogP contribution in [0, 0.1) is 12.7 Å². The van der Waals surface area contributed by atoms with E-state index in [1.54, 1.807) is 19.4 Å². The molecule has 0 radical (unpaired) electrons. The maximum atomic E-state index is 14.3. The molecular weight excluding hydrogens is 548 g/mol. The highest BCUT2D eigenvalue weighted by atomic mass is 35.5. The van der Waals surface area contributed by atoms with Gasteiger partial charge in [-0.3, -0.25) is 9.98 Å². The second kappa shape index (κ2) is 11.3. The number of hydrogen-bond donors (Lipinski definition) is 1. The predicted molar refractivity (Wildman–Crippen MR) is 159 cm³/mol. The van der Waals surface area contributed by atoms with E-state index in [1.165, 1.54) is 12.1 Å². The molecule has 1 aliphatic heterocycles. The average Bonchev–Trinajstić information content (AvgIpc) is 2.95. The number of aromatic nitrogens is 3. The van der Waals surface area contributed by atoms with Gasteiger partial charge in [-0.25, -0.2) is 9.37 Å². The summed E-state index contributed by atoms with van der Waals surface area (Å²) in [6.07, 6.45) is 9.20. The van der Waals surface area contributed by atoms with Gasteiger partial charge in [-0.1, -0.05) is 23.2 Å². The van der Waals surface area contributed by atoms with E-state index in [4.69, 9.17) is 37.9 Å². The van der Waals surface area contributed by atoms with Crippen LogP contribution in [0.2, 0.25) is 0 Å². The minimum Gasteiger partial charge on any atom is -0.381 e. The number of nitrogens with one attached hydrogen (secondary N) is 1. The second-order valence-corrected chi connectivity index (χ2v) is 11.3. The molecule has 0 atom stereocenters. The fourth-order valence-electron chi connectivity index (χ4n) is 5.52. The zero-order chi connectivity index (χ0) is 27.8. The molecule has 9 heteroatoms. The van der Waals surface area contributed by atoms with Crippen LogP contribution in [0.4, 0.5) is 15.8 Å². The third kappa shape index (κ3) is 5.51. The number of nitrogens with zero attached hydrogens (tertiary/aromatic N) is 4. The summed E-state index contributed by atoms with van der Waals surface area (Å²) in [6.45, 7) is 1.96. The minimum atomic E-state index is -0.341. The summed E-state index contributed by atoms with van der Waals surface area (Å²) in [7, 11) is 1.78. The molecule has 0 bridgehead atoms. The van der Waals surface area contributed by atoms with Crippen molar-refractivity contribution in [2.45, 2.75) is 57.6 Å². The third-order valence-corrected chi connectivity index (χ3v) is 8.51. The molecule has 3 aliphatic carbocycles. The highest BCUT2D eigenvalue weighted by Gasteiger charge is 2.23. The molecule has 1 saturated carbocycles. The zero-order valence-corrected chi connectivity index (χ0v) is 23.9. The fraction of sp³-hybridized carbons (Fsp3) is 0.323. The van der Waals surface area contributed by atoms with E-state index in [2.05, 4.69) is 20.9 Å². The van der Waals surface area contributed by atoms with Gasteiger partial charge in [0.2, 0.25) is 0 Å². The first-order chi connectivity index (χ1) is 19.4. The number of methoxy groups -OCH3 is 1. The number of ether oxygens (including phenoxy) is 1. The van der Waals surface area contributed by atoms with Gasteiger partial charge in [0.05, 0.1) is 62.5 Å². The van der Waals surface area contributed by atoms with Crippen LogP contribution >= 0.6 is 23.2 Å². The Morgan fingerprint density at radius 2 is 1.88 bits per heavy atom. The number of benzene rings is 2. The van der Waals surface area contributed by atoms with Crippen LogP contribution < -0.4 is 10.7 Å². The predicted octanol–water partition coefficient (Wildman–Crippen LogP) is 7.91. The van der Waals surface area contributed by atoms with E-state index in [0.717, 1.165) is 65.0 Å². The lowest BCUT2D eigenvalue weighted by atomic mass is 9.93. The molecule has 0 spiro atoms. The molecule has 6 rings (SSSR count). The van der Waals surface area contributed by atoms with Crippen molar-refractivity contribution in [3.63, 3.8) is 0 Å². The number of pyridine rings is 1. The number of allylic oxidation sites excluding steroid dienone is 4. The van der Waals surface area contributed by atoms with Crippen molar-refractivity contribution in [3.8, 4) is 11.4 Å². The number of fused-ring (bicyclic) bond motifs is 2. The molecule has 1 fully saturated rings. The van der Waals surface area contributed by atoms with Crippen LogP contribution in [0.3, 0.4) is 0 Å². The largest absolute Gasteiger partial charge is 0.381 e. The number of halogens is 3. The van der Waals surface area contributed by atoms with E-state index in [0.29, 0.717) is 40.2 Å². The Kier molecular flexibility index (Phi) is 7.62.